The second-order valence-corrected chi connectivity index (χ2v) is 4.23. The molecule has 7 heteroatoms. The number of aliphatic hydroxyl groups is 2. The Kier molecular flexibility index (Phi) is 7.96. The molecule has 0 fully saturated rings. The molecule has 0 aliphatic carbocycles. The number of carbonyl (C=O) groups excluding carboxylic acids is 2. The maximum Gasteiger partial charge on any atom is 0.329 e. The van der Waals surface area contributed by atoms with Gasteiger partial charge in [-0.3, -0.25) is 4.79 Å². The first kappa shape index (κ1) is 15.2. The lowest BCUT2D eigenvalue weighted by molar-refractivity contribution is -0.144. The quantitative estimate of drug-likeness (QED) is 0.489. The fourth-order valence-corrected chi connectivity index (χ4v) is 1.90. The van der Waals surface area contributed by atoms with E-state index in [0.29, 0.717) is 11.5 Å². The summed E-state index contributed by atoms with van der Waals surface area (Å²) in [6.45, 7) is 0.985. The van der Waals surface area contributed by atoms with E-state index in [0.717, 1.165) is 0 Å². The van der Waals surface area contributed by atoms with Crippen molar-refractivity contribution in [1.82, 2.24) is 5.32 Å². The van der Waals surface area contributed by atoms with Crippen molar-refractivity contribution >= 4 is 23.6 Å². The van der Waals surface area contributed by atoms with Crippen molar-refractivity contribution in [2.75, 3.05) is 25.2 Å². The molecule has 1 amide bonds. The molecule has 0 saturated carbocycles. The number of rotatable bonds is 7. The van der Waals surface area contributed by atoms with Crippen molar-refractivity contribution in [3.63, 3.8) is 0 Å². The smallest absolute Gasteiger partial charge is 0.329 e. The first-order chi connectivity index (χ1) is 7.51. The molecule has 0 aromatic rings. The molecule has 0 aliphatic rings. The third kappa shape index (κ3) is 6.65. The van der Waals surface area contributed by atoms with Crippen LogP contribution in [0.2, 0.25) is 0 Å². The van der Waals surface area contributed by atoms with Crippen LogP contribution in [-0.2, 0) is 14.3 Å². The minimum atomic E-state index is -0.819. The number of esters is 1. The van der Waals surface area contributed by atoms with Crippen molar-refractivity contribution in [2.45, 2.75) is 19.1 Å². The second kappa shape index (κ2) is 8.37. The fourth-order valence-electron chi connectivity index (χ4n) is 0.931. The number of carbonyl (C=O) groups is 2. The number of thioether (sulfide) groups is 1. The number of methoxy groups -OCH3 is 1. The van der Waals surface area contributed by atoms with Crippen molar-refractivity contribution in [1.29, 1.82) is 0 Å². The van der Waals surface area contributed by atoms with E-state index >= 15 is 0 Å². The van der Waals surface area contributed by atoms with Crippen molar-refractivity contribution in [3.8, 4) is 0 Å². The molecule has 0 radical (unpaired) electrons. The van der Waals surface area contributed by atoms with Crippen LogP contribution in [-0.4, -0.2) is 59.5 Å². The predicted molar refractivity (Wildman–Crippen MR) is 60.0 cm³/mol. The van der Waals surface area contributed by atoms with Crippen LogP contribution in [0.5, 0.6) is 0 Å². The van der Waals surface area contributed by atoms with Crippen LogP contribution >= 0.6 is 11.8 Å². The Morgan fingerprint density at radius 2 is 2.06 bits per heavy atom. The summed E-state index contributed by atoms with van der Waals surface area (Å²) >= 11 is 1.25. The van der Waals surface area contributed by atoms with E-state index in [1.807, 2.05) is 0 Å². The van der Waals surface area contributed by atoms with Crippen molar-refractivity contribution in [2.24, 2.45) is 0 Å². The number of hydrogen-bond donors (Lipinski definition) is 3. The van der Waals surface area contributed by atoms with Crippen LogP contribution in [0, 0.1) is 0 Å². The number of ether oxygens (including phenoxy) is 1. The molecule has 0 heterocycles. The molecular formula is C9H17NO5S. The minimum absolute atomic E-state index is 0.295. The number of amides is 1. The fraction of sp³-hybridized carbons (Fsp3) is 0.778. The first-order valence-corrected chi connectivity index (χ1v) is 5.88. The molecule has 3 N–H and O–H groups in total. The van der Waals surface area contributed by atoms with Gasteiger partial charge in [0.15, 0.2) is 0 Å². The van der Waals surface area contributed by atoms with Gasteiger partial charge in [-0.25, -0.2) is 4.79 Å². The summed E-state index contributed by atoms with van der Waals surface area (Å²) in [5, 5.41) is 20.1. The van der Waals surface area contributed by atoms with Crippen LogP contribution in [0.3, 0.4) is 0 Å². The van der Waals surface area contributed by atoms with E-state index in [1.54, 1.807) is 0 Å². The average molecular weight is 251 g/mol. The van der Waals surface area contributed by atoms with Gasteiger partial charge in [0.1, 0.15) is 6.04 Å². The van der Waals surface area contributed by atoms with E-state index in [2.05, 4.69) is 10.1 Å². The Morgan fingerprint density at radius 1 is 1.44 bits per heavy atom. The number of nitrogens with one attached hydrogen (secondary N) is 1. The normalized spacial score (nSPS) is 14.0. The molecule has 0 saturated heterocycles. The summed E-state index contributed by atoms with van der Waals surface area (Å²) in [6.07, 6.45) is -0.819. The zero-order valence-corrected chi connectivity index (χ0v) is 10.1. The maximum atomic E-state index is 11.2. The molecule has 2 atom stereocenters. The average Bonchev–Trinajstić information content (AvgIpc) is 2.25. The Bertz CT molecular complexity index is 236. The van der Waals surface area contributed by atoms with E-state index < -0.39 is 18.1 Å². The largest absolute Gasteiger partial charge is 0.467 e. The van der Waals surface area contributed by atoms with Crippen LogP contribution < -0.4 is 5.32 Å². The van der Waals surface area contributed by atoms with Crippen LogP contribution in [0.4, 0.5) is 0 Å². The van der Waals surface area contributed by atoms with Gasteiger partial charge in [-0.15, -0.1) is 0 Å². The topological polar surface area (TPSA) is 95.9 Å². The predicted octanol–water partition coefficient (Wildman–Crippen LogP) is -1.25. The molecule has 16 heavy (non-hydrogen) atoms. The van der Waals surface area contributed by atoms with E-state index in [-0.39, 0.29) is 12.5 Å². The molecule has 6 nitrogen and oxygen atoms in total. The lowest BCUT2D eigenvalue weighted by Crippen LogP contribution is -2.42. The molecule has 0 bridgehead atoms. The highest BCUT2D eigenvalue weighted by Crippen LogP contribution is 2.06. The summed E-state index contributed by atoms with van der Waals surface area (Å²) < 4.78 is 4.52. The third-order valence-corrected chi connectivity index (χ3v) is 2.86. The van der Waals surface area contributed by atoms with Gasteiger partial charge in [0, 0.05) is 18.4 Å². The number of aliphatic hydroxyl groups excluding tert-OH is 2. The van der Waals surface area contributed by atoms with Crippen molar-refractivity contribution < 1.29 is 24.5 Å². The summed E-state index contributed by atoms with van der Waals surface area (Å²) in [6, 6.07) is -0.724. The molecule has 0 aromatic carbocycles. The summed E-state index contributed by atoms with van der Waals surface area (Å²) in [5.41, 5.74) is 0. The zero-order chi connectivity index (χ0) is 12.6. The standard InChI is InChI=1S/C9H17NO5S/c1-6(12)10-8(9(14)15-2)5-16-4-7(13)3-11/h7-8,11,13H,3-5H2,1-2H3,(H,10,12)/t7?,8-/m0/s1. The van der Waals surface area contributed by atoms with Gasteiger partial charge in [-0.05, 0) is 0 Å². The Labute approximate surface area is 98.4 Å². The molecule has 1 unspecified atom stereocenters. The van der Waals surface area contributed by atoms with Gasteiger partial charge in [-0.2, -0.15) is 11.8 Å². The Hall–Kier alpha value is -0.790. The Balaban J connectivity index is 4.01. The van der Waals surface area contributed by atoms with Crippen LogP contribution in [0.15, 0.2) is 0 Å². The second-order valence-electron chi connectivity index (χ2n) is 3.15. The molecule has 0 spiro atoms. The highest BCUT2D eigenvalue weighted by atomic mass is 32.2. The minimum Gasteiger partial charge on any atom is -0.467 e. The van der Waals surface area contributed by atoms with E-state index in [4.69, 9.17) is 10.2 Å². The third-order valence-electron chi connectivity index (χ3n) is 1.67. The summed E-state index contributed by atoms with van der Waals surface area (Å²) in [4.78, 5) is 22.0. The van der Waals surface area contributed by atoms with E-state index in [1.165, 1.54) is 25.8 Å². The highest BCUT2D eigenvalue weighted by Gasteiger charge is 2.20. The van der Waals surface area contributed by atoms with Gasteiger partial charge in [-0.1, -0.05) is 0 Å². The van der Waals surface area contributed by atoms with E-state index in [9.17, 15) is 9.59 Å². The zero-order valence-electron chi connectivity index (χ0n) is 9.30. The monoisotopic (exact) mass is 251 g/mol. The highest BCUT2D eigenvalue weighted by molar-refractivity contribution is 7.99. The van der Waals surface area contributed by atoms with Gasteiger partial charge < -0.3 is 20.3 Å². The molecule has 0 rings (SSSR count). The lowest BCUT2D eigenvalue weighted by atomic mass is 10.3. The summed E-state index contributed by atoms with van der Waals surface area (Å²) in [5.74, 6) is -0.257. The Morgan fingerprint density at radius 3 is 2.50 bits per heavy atom. The molecular weight excluding hydrogens is 234 g/mol. The van der Waals surface area contributed by atoms with Crippen molar-refractivity contribution in [3.05, 3.63) is 0 Å². The maximum absolute atomic E-state index is 11.2. The van der Waals surface area contributed by atoms with Gasteiger partial charge >= 0.3 is 5.97 Å². The number of hydrogen-bond acceptors (Lipinski definition) is 6. The first-order valence-electron chi connectivity index (χ1n) is 4.72. The molecule has 94 valence electrons. The van der Waals surface area contributed by atoms with Gasteiger partial charge in [0.2, 0.25) is 5.91 Å². The van der Waals surface area contributed by atoms with Crippen LogP contribution in [0.1, 0.15) is 6.92 Å². The van der Waals surface area contributed by atoms with Gasteiger partial charge in [0.05, 0.1) is 19.8 Å². The molecule has 0 aromatic heterocycles. The lowest BCUT2D eigenvalue weighted by Gasteiger charge is -2.15. The summed E-state index contributed by atoms with van der Waals surface area (Å²) in [7, 11) is 1.24. The van der Waals surface area contributed by atoms with Crippen LogP contribution in [0.25, 0.3) is 0 Å². The van der Waals surface area contributed by atoms with Gasteiger partial charge in [0.25, 0.3) is 0 Å². The molecule has 0 aliphatic heterocycles. The SMILES string of the molecule is COC(=O)[C@H](CSCC(O)CO)NC(C)=O.